The Morgan fingerprint density at radius 3 is 3.24 bits per heavy atom. The van der Waals surface area contributed by atoms with Crippen molar-refractivity contribution in [2.75, 3.05) is 31.7 Å². The molecule has 0 amide bonds. The molecule has 4 nitrogen and oxygen atoms in total. The molecule has 1 fully saturated rings. The summed E-state index contributed by atoms with van der Waals surface area (Å²) in [6.45, 7) is 3.06. The van der Waals surface area contributed by atoms with E-state index in [-0.39, 0.29) is 0 Å². The fourth-order valence-electron chi connectivity index (χ4n) is 1.77. The average molecular weight is 301 g/mol. The minimum atomic E-state index is 0.308. The predicted molar refractivity (Wildman–Crippen MR) is 70.2 cm³/mol. The molecule has 2 rings (SSSR count). The molecule has 0 aromatic carbocycles. The van der Waals surface area contributed by atoms with Gasteiger partial charge in [-0.15, -0.1) is 0 Å². The molecule has 17 heavy (non-hydrogen) atoms. The minimum absolute atomic E-state index is 0.308. The number of rotatable bonds is 6. The molecule has 1 N–H and O–H groups in total. The Morgan fingerprint density at radius 2 is 2.47 bits per heavy atom. The Morgan fingerprint density at radius 1 is 1.53 bits per heavy atom. The fourth-order valence-corrected chi connectivity index (χ4v) is 2.13. The SMILES string of the molecule is Brc1cncc(NCCOC[C@H]2CCCO2)c1. The molecule has 94 valence electrons. The molecule has 2 heterocycles. The quantitative estimate of drug-likeness (QED) is 0.820. The number of pyridine rings is 1. The Labute approximate surface area is 110 Å². The lowest BCUT2D eigenvalue weighted by molar-refractivity contribution is 0.0206. The highest BCUT2D eigenvalue weighted by molar-refractivity contribution is 9.10. The Hall–Kier alpha value is -0.650. The van der Waals surface area contributed by atoms with Gasteiger partial charge in [0.05, 0.1) is 31.2 Å². The van der Waals surface area contributed by atoms with E-state index in [1.165, 1.54) is 0 Å². The first-order valence-electron chi connectivity index (χ1n) is 5.88. The van der Waals surface area contributed by atoms with Crippen molar-refractivity contribution in [3.8, 4) is 0 Å². The lowest BCUT2D eigenvalue weighted by Gasteiger charge is -2.11. The molecule has 5 heteroatoms. The summed E-state index contributed by atoms with van der Waals surface area (Å²) in [6.07, 6.45) is 6.16. The maximum atomic E-state index is 5.55. The molecule has 0 spiro atoms. The van der Waals surface area contributed by atoms with E-state index in [9.17, 15) is 0 Å². The van der Waals surface area contributed by atoms with Crippen molar-refractivity contribution >= 4 is 21.6 Å². The topological polar surface area (TPSA) is 43.4 Å². The number of halogens is 1. The Bertz CT molecular complexity index is 343. The van der Waals surface area contributed by atoms with Gasteiger partial charge in [0.2, 0.25) is 0 Å². The van der Waals surface area contributed by atoms with Crippen LogP contribution in [0.15, 0.2) is 22.9 Å². The first-order chi connectivity index (χ1) is 8.34. The molecular formula is C12H17BrN2O2. The normalized spacial score (nSPS) is 19.5. The van der Waals surface area contributed by atoms with Crippen LogP contribution in [0.25, 0.3) is 0 Å². The van der Waals surface area contributed by atoms with Gasteiger partial charge < -0.3 is 14.8 Å². The number of nitrogens with one attached hydrogen (secondary N) is 1. The average Bonchev–Trinajstić information content (AvgIpc) is 2.82. The van der Waals surface area contributed by atoms with Crippen LogP contribution >= 0.6 is 15.9 Å². The summed E-state index contributed by atoms with van der Waals surface area (Å²) in [6, 6.07) is 1.99. The van der Waals surface area contributed by atoms with Crippen LogP contribution < -0.4 is 5.32 Å². The third-order valence-corrected chi connectivity index (χ3v) is 3.04. The number of nitrogens with zero attached hydrogens (tertiary/aromatic N) is 1. The predicted octanol–water partition coefficient (Wildman–Crippen LogP) is 2.45. The van der Waals surface area contributed by atoms with Crippen molar-refractivity contribution in [3.63, 3.8) is 0 Å². The van der Waals surface area contributed by atoms with E-state index in [0.717, 1.165) is 36.2 Å². The van der Waals surface area contributed by atoms with Crippen molar-refractivity contribution in [1.29, 1.82) is 0 Å². The van der Waals surface area contributed by atoms with Gasteiger partial charge in [0.15, 0.2) is 0 Å². The highest BCUT2D eigenvalue weighted by Crippen LogP contribution is 2.13. The molecular weight excluding hydrogens is 284 g/mol. The number of aromatic nitrogens is 1. The van der Waals surface area contributed by atoms with Crippen molar-refractivity contribution in [3.05, 3.63) is 22.9 Å². The summed E-state index contributed by atoms with van der Waals surface area (Å²) in [7, 11) is 0. The van der Waals surface area contributed by atoms with Crippen molar-refractivity contribution in [2.45, 2.75) is 18.9 Å². The van der Waals surface area contributed by atoms with Gasteiger partial charge in [0.1, 0.15) is 0 Å². The van der Waals surface area contributed by atoms with Gasteiger partial charge in [0, 0.05) is 23.8 Å². The molecule has 0 bridgehead atoms. The number of hydrogen-bond acceptors (Lipinski definition) is 4. The summed E-state index contributed by atoms with van der Waals surface area (Å²) in [5.41, 5.74) is 1.00. The maximum Gasteiger partial charge on any atom is 0.0809 e. The lowest BCUT2D eigenvalue weighted by Crippen LogP contribution is -2.17. The molecule has 1 saturated heterocycles. The van der Waals surface area contributed by atoms with Crippen LogP contribution in [0.4, 0.5) is 5.69 Å². The number of anilines is 1. The molecule has 1 aromatic rings. The van der Waals surface area contributed by atoms with Gasteiger partial charge >= 0.3 is 0 Å². The largest absolute Gasteiger partial charge is 0.381 e. The zero-order valence-electron chi connectivity index (χ0n) is 9.69. The van der Waals surface area contributed by atoms with Gasteiger partial charge in [-0.05, 0) is 34.8 Å². The second-order valence-electron chi connectivity index (χ2n) is 4.03. The van der Waals surface area contributed by atoms with Crippen LogP contribution in [0.1, 0.15) is 12.8 Å². The smallest absolute Gasteiger partial charge is 0.0809 e. The second-order valence-corrected chi connectivity index (χ2v) is 4.94. The van der Waals surface area contributed by atoms with Crippen LogP contribution in [0, 0.1) is 0 Å². The van der Waals surface area contributed by atoms with Crippen molar-refractivity contribution in [2.24, 2.45) is 0 Å². The summed E-state index contributed by atoms with van der Waals surface area (Å²) in [5.74, 6) is 0. The third kappa shape index (κ3) is 4.61. The highest BCUT2D eigenvalue weighted by Gasteiger charge is 2.14. The molecule has 0 saturated carbocycles. The summed E-state index contributed by atoms with van der Waals surface area (Å²) >= 11 is 3.38. The van der Waals surface area contributed by atoms with E-state index < -0.39 is 0 Å². The Balaban J connectivity index is 1.56. The van der Waals surface area contributed by atoms with E-state index in [1.807, 2.05) is 6.07 Å². The molecule has 0 aliphatic carbocycles. The van der Waals surface area contributed by atoms with Gasteiger partial charge in [-0.3, -0.25) is 4.98 Å². The summed E-state index contributed by atoms with van der Waals surface area (Å²) in [5, 5.41) is 3.25. The first-order valence-corrected chi connectivity index (χ1v) is 6.67. The van der Waals surface area contributed by atoms with Gasteiger partial charge in [-0.1, -0.05) is 0 Å². The van der Waals surface area contributed by atoms with E-state index in [2.05, 4.69) is 26.2 Å². The van der Waals surface area contributed by atoms with Crippen LogP contribution in [-0.2, 0) is 9.47 Å². The maximum absolute atomic E-state index is 5.55. The van der Waals surface area contributed by atoms with Gasteiger partial charge in [0.25, 0.3) is 0 Å². The molecule has 1 aliphatic heterocycles. The monoisotopic (exact) mass is 300 g/mol. The van der Waals surface area contributed by atoms with Gasteiger partial charge in [-0.2, -0.15) is 0 Å². The van der Waals surface area contributed by atoms with E-state index in [0.29, 0.717) is 19.3 Å². The van der Waals surface area contributed by atoms with Gasteiger partial charge in [-0.25, -0.2) is 0 Å². The van der Waals surface area contributed by atoms with Crippen molar-refractivity contribution in [1.82, 2.24) is 4.98 Å². The Kier molecular flexibility index (Phi) is 5.22. The molecule has 0 unspecified atom stereocenters. The first kappa shape index (κ1) is 12.8. The van der Waals surface area contributed by atoms with E-state index in [4.69, 9.17) is 9.47 Å². The van der Waals surface area contributed by atoms with E-state index in [1.54, 1.807) is 12.4 Å². The standard InChI is InChI=1S/C12H17BrN2O2/c13-10-6-11(8-14-7-10)15-3-5-16-9-12-2-1-4-17-12/h6-8,12,15H,1-5,9H2/t12-/m1/s1. The van der Waals surface area contributed by atoms with Crippen LogP contribution in [-0.4, -0.2) is 37.5 Å². The zero-order chi connectivity index (χ0) is 11.9. The summed E-state index contributed by atoms with van der Waals surface area (Å²) < 4.78 is 12.0. The van der Waals surface area contributed by atoms with E-state index >= 15 is 0 Å². The van der Waals surface area contributed by atoms with Crippen LogP contribution in [0.5, 0.6) is 0 Å². The lowest BCUT2D eigenvalue weighted by atomic mass is 10.2. The fraction of sp³-hybridized carbons (Fsp3) is 0.583. The minimum Gasteiger partial charge on any atom is -0.381 e. The second kappa shape index (κ2) is 6.93. The number of ether oxygens (including phenoxy) is 2. The molecule has 1 aliphatic rings. The van der Waals surface area contributed by atoms with Crippen LogP contribution in [0.3, 0.4) is 0 Å². The van der Waals surface area contributed by atoms with Crippen molar-refractivity contribution < 1.29 is 9.47 Å². The third-order valence-electron chi connectivity index (χ3n) is 2.61. The molecule has 1 aromatic heterocycles. The highest BCUT2D eigenvalue weighted by atomic mass is 79.9. The molecule has 0 radical (unpaired) electrons. The number of hydrogen-bond donors (Lipinski definition) is 1. The van der Waals surface area contributed by atoms with Crippen LogP contribution in [0.2, 0.25) is 0 Å². The molecule has 1 atom stereocenters. The zero-order valence-corrected chi connectivity index (χ0v) is 11.3. The summed E-state index contributed by atoms with van der Waals surface area (Å²) in [4.78, 5) is 4.08.